The molecule has 0 bridgehead atoms. The number of pyridine rings is 1. The van der Waals surface area contributed by atoms with Gasteiger partial charge in [-0.15, -0.1) is 11.3 Å². The second-order valence-corrected chi connectivity index (χ2v) is 7.69. The molecule has 0 atom stereocenters. The Morgan fingerprint density at radius 2 is 1.93 bits per heavy atom. The Bertz CT molecular complexity index is 1130. The smallest absolute Gasteiger partial charge is 0.258 e. The fourth-order valence-corrected chi connectivity index (χ4v) is 3.88. The average molecular weight is 391 g/mol. The van der Waals surface area contributed by atoms with Crippen molar-refractivity contribution in [2.75, 3.05) is 12.0 Å². The number of aromatic nitrogens is 2. The summed E-state index contributed by atoms with van der Waals surface area (Å²) in [5.41, 5.74) is 3.44. The van der Waals surface area contributed by atoms with Gasteiger partial charge in [-0.05, 0) is 54.3 Å². The van der Waals surface area contributed by atoms with Crippen LogP contribution >= 0.6 is 11.3 Å². The van der Waals surface area contributed by atoms with Crippen molar-refractivity contribution in [2.24, 2.45) is 0 Å². The van der Waals surface area contributed by atoms with Crippen LogP contribution in [0, 0.1) is 6.92 Å². The van der Waals surface area contributed by atoms with E-state index in [9.17, 15) is 4.79 Å². The van der Waals surface area contributed by atoms with Crippen LogP contribution in [0.15, 0.2) is 71.0 Å². The van der Waals surface area contributed by atoms with E-state index in [4.69, 9.17) is 9.72 Å². The second-order valence-electron chi connectivity index (χ2n) is 6.65. The molecule has 4 aromatic rings. The summed E-state index contributed by atoms with van der Waals surface area (Å²) in [6.45, 7) is 3.26. The van der Waals surface area contributed by atoms with Crippen LogP contribution in [-0.4, -0.2) is 16.5 Å². The summed E-state index contributed by atoms with van der Waals surface area (Å²) >= 11 is 1.72. The van der Waals surface area contributed by atoms with Crippen LogP contribution in [0.2, 0.25) is 0 Å². The van der Waals surface area contributed by atoms with E-state index in [1.165, 1.54) is 4.88 Å². The lowest BCUT2D eigenvalue weighted by Gasteiger charge is -2.24. The van der Waals surface area contributed by atoms with Gasteiger partial charge < -0.3 is 9.64 Å². The van der Waals surface area contributed by atoms with Crippen molar-refractivity contribution in [2.45, 2.75) is 20.0 Å². The molecular weight excluding hydrogens is 370 g/mol. The maximum atomic E-state index is 12.6. The summed E-state index contributed by atoms with van der Waals surface area (Å²) in [7, 11) is 1.66. The zero-order chi connectivity index (χ0) is 19.5. The number of thiophene rings is 1. The average Bonchev–Trinajstić information content (AvgIpc) is 3.21. The van der Waals surface area contributed by atoms with Crippen LogP contribution in [0.4, 0.5) is 5.69 Å². The number of aryl methyl sites for hydroxylation is 1. The SMILES string of the molecule is COc1ccc(N(Cc2cc(=O)n3cc(C)ccc3n2)Cc2cccs2)cc1. The summed E-state index contributed by atoms with van der Waals surface area (Å²) in [5, 5.41) is 2.07. The van der Waals surface area contributed by atoms with Crippen LogP contribution in [0.3, 0.4) is 0 Å². The second kappa shape index (κ2) is 7.86. The quantitative estimate of drug-likeness (QED) is 0.492. The Morgan fingerprint density at radius 3 is 2.64 bits per heavy atom. The van der Waals surface area contributed by atoms with Gasteiger partial charge in [0.1, 0.15) is 11.4 Å². The Morgan fingerprint density at radius 1 is 1.11 bits per heavy atom. The van der Waals surface area contributed by atoms with E-state index in [1.54, 1.807) is 28.9 Å². The molecule has 0 aliphatic carbocycles. The third-order valence-electron chi connectivity index (χ3n) is 4.58. The van der Waals surface area contributed by atoms with Crippen LogP contribution < -0.4 is 15.2 Å². The van der Waals surface area contributed by atoms with Gasteiger partial charge in [-0.3, -0.25) is 9.20 Å². The minimum atomic E-state index is -0.0606. The molecule has 1 aromatic carbocycles. The number of methoxy groups -OCH3 is 1. The molecule has 0 saturated heterocycles. The third-order valence-corrected chi connectivity index (χ3v) is 5.44. The van der Waals surface area contributed by atoms with Crippen LogP contribution in [0.5, 0.6) is 5.75 Å². The Kier molecular flexibility index (Phi) is 5.12. The van der Waals surface area contributed by atoms with Gasteiger partial charge in [0, 0.05) is 22.8 Å². The molecule has 0 unspecified atom stereocenters. The van der Waals surface area contributed by atoms with E-state index in [-0.39, 0.29) is 5.56 Å². The summed E-state index contributed by atoms with van der Waals surface area (Å²) in [6, 6.07) is 17.6. The van der Waals surface area contributed by atoms with Crippen molar-refractivity contribution < 1.29 is 4.74 Å². The minimum Gasteiger partial charge on any atom is -0.497 e. The molecule has 0 N–H and O–H groups in total. The van der Waals surface area contributed by atoms with Crippen LogP contribution in [-0.2, 0) is 13.1 Å². The Balaban J connectivity index is 1.69. The first-order valence-corrected chi connectivity index (χ1v) is 9.91. The topological polar surface area (TPSA) is 46.8 Å². The molecule has 5 nitrogen and oxygen atoms in total. The summed E-state index contributed by atoms with van der Waals surface area (Å²) in [4.78, 5) is 20.7. The monoisotopic (exact) mass is 391 g/mol. The van der Waals surface area contributed by atoms with Gasteiger partial charge in [-0.25, -0.2) is 4.98 Å². The molecule has 3 heterocycles. The molecule has 0 saturated carbocycles. The van der Waals surface area contributed by atoms with Gasteiger partial charge in [-0.1, -0.05) is 12.1 Å². The van der Waals surface area contributed by atoms with Gasteiger partial charge in [0.05, 0.1) is 25.9 Å². The lowest BCUT2D eigenvalue weighted by Crippen LogP contribution is -2.24. The maximum Gasteiger partial charge on any atom is 0.258 e. The number of hydrogen-bond donors (Lipinski definition) is 0. The lowest BCUT2D eigenvalue weighted by atomic mass is 10.2. The number of fused-ring (bicyclic) bond motifs is 1. The predicted molar refractivity (Wildman–Crippen MR) is 113 cm³/mol. The number of anilines is 1. The van der Waals surface area contributed by atoms with Crippen molar-refractivity contribution in [3.05, 3.63) is 92.7 Å². The standard InChI is InChI=1S/C22H21N3O2S/c1-16-5-10-21-23-17(12-22(26)25(21)13-16)14-24(15-20-4-3-11-28-20)18-6-8-19(27-2)9-7-18/h3-13H,14-15H2,1-2H3. The van der Waals surface area contributed by atoms with Crippen molar-refractivity contribution >= 4 is 22.7 Å². The van der Waals surface area contributed by atoms with E-state index >= 15 is 0 Å². The number of nitrogens with zero attached hydrogens (tertiary/aromatic N) is 3. The molecule has 142 valence electrons. The maximum absolute atomic E-state index is 12.6. The summed E-state index contributed by atoms with van der Waals surface area (Å²) in [5.74, 6) is 0.817. The Labute approximate surface area is 167 Å². The van der Waals surface area contributed by atoms with Gasteiger partial charge in [0.15, 0.2) is 0 Å². The van der Waals surface area contributed by atoms with Crippen LogP contribution in [0.25, 0.3) is 5.65 Å². The van der Waals surface area contributed by atoms with Gasteiger partial charge in [0.25, 0.3) is 5.56 Å². The van der Waals surface area contributed by atoms with E-state index in [2.05, 4.69) is 22.4 Å². The molecule has 0 radical (unpaired) electrons. The molecule has 6 heteroatoms. The van der Waals surface area contributed by atoms with E-state index in [1.807, 2.05) is 49.5 Å². The first-order valence-electron chi connectivity index (χ1n) is 9.03. The molecule has 3 aromatic heterocycles. The zero-order valence-corrected chi connectivity index (χ0v) is 16.6. The number of ether oxygens (including phenoxy) is 1. The molecule has 0 aliphatic rings. The highest BCUT2D eigenvalue weighted by atomic mass is 32.1. The van der Waals surface area contributed by atoms with E-state index in [0.29, 0.717) is 12.2 Å². The van der Waals surface area contributed by atoms with Crippen molar-refractivity contribution in [3.63, 3.8) is 0 Å². The van der Waals surface area contributed by atoms with Crippen molar-refractivity contribution in [1.82, 2.24) is 9.38 Å². The van der Waals surface area contributed by atoms with Crippen LogP contribution in [0.1, 0.15) is 16.1 Å². The fourth-order valence-electron chi connectivity index (χ4n) is 3.16. The molecule has 0 fully saturated rings. The fraction of sp³-hybridized carbons (Fsp3) is 0.182. The highest BCUT2D eigenvalue weighted by Gasteiger charge is 2.12. The third kappa shape index (κ3) is 3.92. The molecule has 0 spiro atoms. The van der Waals surface area contributed by atoms with Crippen molar-refractivity contribution in [1.29, 1.82) is 0 Å². The highest BCUT2D eigenvalue weighted by molar-refractivity contribution is 7.09. The molecular formula is C22H21N3O2S. The predicted octanol–water partition coefficient (Wildman–Crippen LogP) is 4.28. The van der Waals surface area contributed by atoms with E-state index < -0.39 is 0 Å². The normalized spacial score (nSPS) is 10.9. The van der Waals surface area contributed by atoms with Gasteiger partial charge >= 0.3 is 0 Å². The van der Waals surface area contributed by atoms with Gasteiger partial charge in [-0.2, -0.15) is 0 Å². The van der Waals surface area contributed by atoms with Crippen molar-refractivity contribution in [3.8, 4) is 5.75 Å². The zero-order valence-electron chi connectivity index (χ0n) is 15.8. The number of rotatable bonds is 6. The summed E-state index contributed by atoms with van der Waals surface area (Å²) < 4.78 is 6.87. The number of benzene rings is 1. The molecule has 4 rings (SSSR count). The number of hydrogen-bond acceptors (Lipinski definition) is 5. The minimum absolute atomic E-state index is 0.0606. The highest BCUT2D eigenvalue weighted by Crippen LogP contribution is 2.24. The summed E-state index contributed by atoms with van der Waals surface area (Å²) in [6.07, 6.45) is 1.82. The molecule has 0 aliphatic heterocycles. The Hall–Kier alpha value is -3.12. The first kappa shape index (κ1) is 18.3. The first-order chi connectivity index (χ1) is 13.6. The van der Waals surface area contributed by atoms with Gasteiger partial charge in [0.2, 0.25) is 0 Å². The molecule has 0 amide bonds. The largest absolute Gasteiger partial charge is 0.497 e. The van der Waals surface area contributed by atoms with E-state index in [0.717, 1.165) is 29.2 Å². The lowest BCUT2D eigenvalue weighted by molar-refractivity contribution is 0.415. The molecule has 28 heavy (non-hydrogen) atoms.